The summed E-state index contributed by atoms with van der Waals surface area (Å²) in [5.41, 5.74) is 0.472. The summed E-state index contributed by atoms with van der Waals surface area (Å²) in [5.74, 6) is 0. The van der Waals surface area contributed by atoms with Gasteiger partial charge in [-0.05, 0) is 10.8 Å². The van der Waals surface area contributed by atoms with Crippen LogP contribution in [-0.2, 0) is 19.5 Å². The van der Waals surface area contributed by atoms with Crippen LogP contribution in [-0.4, -0.2) is 0 Å². The quantitative estimate of drug-likeness (QED) is 0.385. The van der Waals surface area contributed by atoms with Crippen LogP contribution < -0.4 is 0 Å². The molecule has 0 aliphatic rings. The van der Waals surface area contributed by atoms with Crippen LogP contribution in [0.3, 0.4) is 0 Å². The van der Waals surface area contributed by atoms with Crippen LogP contribution in [0.1, 0.15) is 40.5 Å². The summed E-state index contributed by atoms with van der Waals surface area (Å²) in [6.07, 6.45) is 5.72. The zero-order valence-corrected chi connectivity index (χ0v) is 14.1. The maximum absolute atomic E-state index is 3.76. The second kappa shape index (κ2) is 9.34. The first-order valence-corrected chi connectivity index (χ1v) is 5.10. The molecule has 0 radical (unpaired) electrons. The molecule has 0 spiro atoms. The number of rotatable bonds is 4. The summed E-state index contributed by atoms with van der Waals surface area (Å²) >= 11 is 0. The van der Waals surface area contributed by atoms with Gasteiger partial charge in [-0.3, -0.25) is 0 Å². The molecule has 0 atom stereocenters. The Bertz CT molecular complexity index is 146. The zero-order chi connectivity index (χ0) is 11.8. The molecule has 0 fully saturated rings. The third-order valence-corrected chi connectivity index (χ3v) is 2.39. The van der Waals surface area contributed by atoms with Crippen molar-refractivity contribution in [2.24, 2.45) is 10.8 Å². The molecule has 0 rings (SSSR count). The Morgan fingerprint density at radius 3 is 1.07 bits per heavy atom. The third kappa shape index (κ3) is 14.1. The first-order chi connectivity index (χ1) is 6.24. The van der Waals surface area contributed by atoms with Gasteiger partial charge in [0, 0.05) is 0 Å². The number of hydrogen-bond acceptors (Lipinski definition) is 0. The molecule has 0 aromatic heterocycles. The van der Waals surface area contributed by atoms with Crippen molar-refractivity contribution in [3.63, 3.8) is 0 Å². The topological polar surface area (TPSA) is 0 Å². The van der Waals surface area contributed by atoms with Crippen LogP contribution >= 0.6 is 0 Å². The molecule has 0 bridgehead atoms. The maximum atomic E-state index is 3.76. The summed E-state index contributed by atoms with van der Waals surface area (Å²) in [7, 11) is 0. The van der Waals surface area contributed by atoms with E-state index in [4.69, 9.17) is 0 Å². The van der Waals surface area contributed by atoms with Crippen molar-refractivity contribution in [1.29, 1.82) is 0 Å². The van der Waals surface area contributed by atoms with Crippen molar-refractivity contribution < 1.29 is 19.5 Å². The van der Waals surface area contributed by atoms with Gasteiger partial charge in [0.05, 0.1) is 0 Å². The molecular formula is C14H26Zn. The summed E-state index contributed by atoms with van der Waals surface area (Å²) in [4.78, 5) is 0. The van der Waals surface area contributed by atoms with E-state index in [1.807, 2.05) is 12.2 Å². The van der Waals surface area contributed by atoms with E-state index in [1.165, 1.54) is 0 Å². The number of hydrogen-bond donors (Lipinski definition) is 0. The van der Waals surface area contributed by atoms with E-state index in [2.05, 4.69) is 54.7 Å². The minimum absolute atomic E-state index is 0. The van der Waals surface area contributed by atoms with Crippen molar-refractivity contribution in [3.8, 4) is 0 Å². The van der Waals surface area contributed by atoms with E-state index >= 15 is 0 Å². The molecule has 0 saturated heterocycles. The SMILES string of the molecule is C=CC(C)(C)C[CH2-].C=CC(C)(C)C[CH2-].[Zn+2]. The average Bonchev–Trinajstić information content (AvgIpc) is 2.19. The van der Waals surface area contributed by atoms with Gasteiger partial charge in [-0.25, -0.2) is 0 Å². The Balaban J connectivity index is -0.000000180. The fourth-order valence-electron chi connectivity index (χ4n) is 0.204. The molecule has 1 heteroatoms. The van der Waals surface area contributed by atoms with Crippen molar-refractivity contribution in [2.75, 3.05) is 0 Å². The Morgan fingerprint density at radius 2 is 1.07 bits per heavy atom. The number of allylic oxidation sites excluding steroid dienone is 2. The van der Waals surface area contributed by atoms with Gasteiger partial charge in [0.2, 0.25) is 0 Å². The van der Waals surface area contributed by atoms with E-state index < -0.39 is 0 Å². The van der Waals surface area contributed by atoms with Gasteiger partial charge in [0.1, 0.15) is 0 Å². The molecule has 0 unspecified atom stereocenters. The monoisotopic (exact) mass is 258 g/mol. The smallest absolute Gasteiger partial charge is 0.343 e. The van der Waals surface area contributed by atoms with E-state index in [-0.39, 0.29) is 30.3 Å². The fraction of sp³-hybridized carbons (Fsp3) is 0.571. The van der Waals surface area contributed by atoms with Gasteiger partial charge in [-0.15, -0.1) is 13.2 Å². The van der Waals surface area contributed by atoms with Gasteiger partial charge < -0.3 is 13.8 Å². The molecule has 0 N–H and O–H groups in total. The molecule has 0 aromatic carbocycles. The summed E-state index contributed by atoms with van der Waals surface area (Å²) in [6.45, 7) is 23.3. The van der Waals surface area contributed by atoms with Gasteiger partial charge in [0.15, 0.2) is 0 Å². The van der Waals surface area contributed by atoms with Crippen LogP contribution in [0.4, 0.5) is 0 Å². The molecule has 0 aliphatic carbocycles. The molecule has 0 aliphatic heterocycles. The predicted molar refractivity (Wildman–Crippen MR) is 67.9 cm³/mol. The Labute approximate surface area is 110 Å². The first kappa shape index (κ1) is 20.5. The largest absolute Gasteiger partial charge is 2.00 e. The summed E-state index contributed by atoms with van der Waals surface area (Å²) in [5, 5.41) is 0. The summed E-state index contributed by atoms with van der Waals surface area (Å²) in [6, 6.07) is 0. The van der Waals surface area contributed by atoms with E-state index in [1.54, 1.807) is 0 Å². The van der Waals surface area contributed by atoms with E-state index in [0.29, 0.717) is 0 Å². The molecule has 0 saturated carbocycles. The third-order valence-electron chi connectivity index (χ3n) is 2.39. The molecule has 0 amide bonds. The maximum Gasteiger partial charge on any atom is 2.00 e. The minimum atomic E-state index is 0. The predicted octanol–water partition coefficient (Wildman–Crippen LogP) is 4.84. The molecule has 15 heavy (non-hydrogen) atoms. The Kier molecular flexibility index (Phi) is 12.8. The van der Waals surface area contributed by atoms with Gasteiger partial charge >= 0.3 is 19.5 Å². The molecule has 0 nitrogen and oxygen atoms in total. The van der Waals surface area contributed by atoms with Crippen LogP contribution in [0.5, 0.6) is 0 Å². The Hall–Kier alpha value is 0.103. The minimum Gasteiger partial charge on any atom is -0.343 e. The normalized spacial score (nSPS) is 10.5. The van der Waals surface area contributed by atoms with Gasteiger partial charge in [0.25, 0.3) is 0 Å². The first-order valence-electron chi connectivity index (χ1n) is 5.10. The average molecular weight is 260 g/mol. The standard InChI is InChI=1S/2C7H13.Zn/c2*1-5-7(3,4)6-2;/h2*5H,1-2,6H2,3-4H3;/q2*-1;+2. The van der Waals surface area contributed by atoms with Crippen LogP contribution in [0.25, 0.3) is 0 Å². The second-order valence-corrected chi connectivity index (χ2v) is 4.89. The molecule has 0 aromatic rings. The van der Waals surface area contributed by atoms with Crippen molar-refractivity contribution >= 4 is 0 Å². The second-order valence-electron chi connectivity index (χ2n) is 4.89. The van der Waals surface area contributed by atoms with E-state index in [9.17, 15) is 0 Å². The van der Waals surface area contributed by atoms with Crippen molar-refractivity contribution in [2.45, 2.75) is 40.5 Å². The van der Waals surface area contributed by atoms with Gasteiger partial charge in [-0.1, -0.05) is 39.8 Å². The molecule has 0 heterocycles. The Morgan fingerprint density at radius 1 is 0.867 bits per heavy atom. The van der Waals surface area contributed by atoms with Crippen LogP contribution in [0.15, 0.2) is 25.3 Å². The van der Waals surface area contributed by atoms with E-state index in [0.717, 1.165) is 12.8 Å². The van der Waals surface area contributed by atoms with Crippen LogP contribution in [0, 0.1) is 24.7 Å². The van der Waals surface area contributed by atoms with Crippen LogP contribution in [0.2, 0.25) is 0 Å². The zero-order valence-electron chi connectivity index (χ0n) is 11.1. The van der Waals surface area contributed by atoms with Gasteiger partial charge in [-0.2, -0.15) is 12.8 Å². The summed E-state index contributed by atoms with van der Waals surface area (Å²) < 4.78 is 0. The molecule has 84 valence electrons. The fourth-order valence-corrected chi connectivity index (χ4v) is 0.204. The van der Waals surface area contributed by atoms with Crippen molar-refractivity contribution in [1.82, 2.24) is 0 Å². The van der Waals surface area contributed by atoms with Crippen molar-refractivity contribution in [3.05, 3.63) is 39.2 Å². The molecular weight excluding hydrogens is 234 g/mol.